The fourth-order valence-corrected chi connectivity index (χ4v) is 2.79. The number of rotatable bonds is 3. The number of benzene rings is 1. The van der Waals surface area contributed by atoms with Crippen LogP contribution in [0.4, 0.5) is 0 Å². The number of aryl methyl sites for hydroxylation is 1. The lowest BCUT2D eigenvalue weighted by molar-refractivity contribution is 0.0948. The zero-order chi connectivity index (χ0) is 14.8. The largest absolute Gasteiger partial charge is 0.350 e. The number of hydrogen-bond donors (Lipinski definition) is 2. The Labute approximate surface area is 136 Å². The van der Waals surface area contributed by atoms with E-state index in [1.165, 1.54) is 11.1 Å². The standard InChI is InChI=1S/C16H20N4O.ClH/c1-11-14(9-19-20(11)2)16(21)18-10-15-13-6-4-3-5-12(13)7-8-17-15;/h3-6,9,15,17H,7-8,10H2,1-2H3,(H,18,21);1H. The number of nitrogens with zero attached hydrogens (tertiary/aromatic N) is 2. The molecule has 0 saturated heterocycles. The number of carbonyl (C=O) groups is 1. The normalized spacial score (nSPS) is 16.5. The lowest BCUT2D eigenvalue weighted by atomic mass is 9.94. The highest BCUT2D eigenvalue weighted by Crippen LogP contribution is 2.22. The molecule has 6 heteroatoms. The van der Waals surface area contributed by atoms with Gasteiger partial charge in [0.15, 0.2) is 0 Å². The second-order valence-corrected chi connectivity index (χ2v) is 5.43. The van der Waals surface area contributed by atoms with Gasteiger partial charge in [0.25, 0.3) is 5.91 Å². The van der Waals surface area contributed by atoms with Gasteiger partial charge >= 0.3 is 0 Å². The van der Waals surface area contributed by atoms with Gasteiger partial charge in [0.1, 0.15) is 0 Å². The predicted molar refractivity (Wildman–Crippen MR) is 88.4 cm³/mol. The van der Waals surface area contributed by atoms with Gasteiger partial charge < -0.3 is 10.6 Å². The molecule has 1 unspecified atom stereocenters. The molecular weight excluding hydrogens is 300 g/mol. The zero-order valence-corrected chi connectivity index (χ0v) is 13.6. The fraction of sp³-hybridized carbons (Fsp3) is 0.375. The summed E-state index contributed by atoms with van der Waals surface area (Å²) in [6, 6.07) is 8.59. The van der Waals surface area contributed by atoms with E-state index in [-0.39, 0.29) is 24.4 Å². The molecule has 0 fully saturated rings. The highest BCUT2D eigenvalue weighted by Gasteiger charge is 2.20. The number of hydrogen-bond acceptors (Lipinski definition) is 3. The van der Waals surface area contributed by atoms with Crippen LogP contribution in [0.25, 0.3) is 0 Å². The SMILES string of the molecule is Cc1c(C(=O)NCC2NCCc3ccccc32)cnn1C.Cl. The number of carbonyl (C=O) groups excluding carboxylic acids is 1. The first kappa shape index (κ1) is 16.5. The molecule has 5 nitrogen and oxygen atoms in total. The molecule has 0 saturated carbocycles. The third-order valence-electron chi connectivity index (χ3n) is 4.16. The number of halogens is 1. The Bertz CT molecular complexity index is 668. The van der Waals surface area contributed by atoms with E-state index in [0.717, 1.165) is 18.7 Å². The summed E-state index contributed by atoms with van der Waals surface area (Å²) in [5.41, 5.74) is 4.17. The highest BCUT2D eigenvalue weighted by atomic mass is 35.5. The Balaban J connectivity index is 0.00000176. The van der Waals surface area contributed by atoms with Crippen LogP contribution in [-0.4, -0.2) is 28.8 Å². The van der Waals surface area contributed by atoms with Gasteiger partial charge in [0.05, 0.1) is 11.8 Å². The molecule has 1 aromatic carbocycles. The van der Waals surface area contributed by atoms with E-state index in [1.54, 1.807) is 10.9 Å². The first-order valence-electron chi connectivity index (χ1n) is 7.25. The minimum atomic E-state index is -0.0644. The molecule has 1 aliphatic heterocycles. The molecule has 0 spiro atoms. The van der Waals surface area contributed by atoms with Crippen molar-refractivity contribution >= 4 is 18.3 Å². The Hall–Kier alpha value is -1.85. The molecule has 2 heterocycles. The van der Waals surface area contributed by atoms with Crippen molar-refractivity contribution in [3.63, 3.8) is 0 Å². The first-order valence-corrected chi connectivity index (χ1v) is 7.25. The third kappa shape index (κ3) is 3.15. The van der Waals surface area contributed by atoms with Crippen molar-refractivity contribution < 1.29 is 4.79 Å². The zero-order valence-electron chi connectivity index (χ0n) is 12.8. The van der Waals surface area contributed by atoms with Crippen LogP contribution in [0.1, 0.15) is 33.2 Å². The van der Waals surface area contributed by atoms with Gasteiger partial charge in [-0.2, -0.15) is 5.10 Å². The fourth-order valence-electron chi connectivity index (χ4n) is 2.79. The van der Waals surface area contributed by atoms with Crippen molar-refractivity contribution in [2.45, 2.75) is 19.4 Å². The summed E-state index contributed by atoms with van der Waals surface area (Å²) in [5, 5.41) is 10.6. The highest BCUT2D eigenvalue weighted by molar-refractivity contribution is 5.95. The van der Waals surface area contributed by atoms with E-state index in [2.05, 4.69) is 33.9 Å². The van der Waals surface area contributed by atoms with Gasteiger partial charge in [-0.05, 0) is 31.0 Å². The average molecular weight is 321 g/mol. The molecule has 1 atom stereocenters. The predicted octanol–water partition coefficient (Wildman–Crippen LogP) is 1.77. The maximum atomic E-state index is 12.2. The van der Waals surface area contributed by atoms with Crippen LogP contribution >= 0.6 is 12.4 Å². The summed E-state index contributed by atoms with van der Waals surface area (Å²) in [4.78, 5) is 12.2. The van der Waals surface area contributed by atoms with Gasteiger partial charge in [-0.15, -0.1) is 12.4 Å². The van der Waals surface area contributed by atoms with Gasteiger partial charge in [-0.3, -0.25) is 9.48 Å². The Morgan fingerprint density at radius 2 is 2.23 bits per heavy atom. The van der Waals surface area contributed by atoms with Crippen molar-refractivity contribution in [1.29, 1.82) is 0 Å². The smallest absolute Gasteiger partial charge is 0.254 e. The maximum absolute atomic E-state index is 12.2. The van der Waals surface area contributed by atoms with Crippen molar-refractivity contribution in [1.82, 2.24) is 20.4 Å². The Kier molecular flexibility index (Phi) is 5.21. The van der Waals surface area contributed by atoms with Crippen LogP contribution in [0.3, 0.4) is 0 Å². The topological polar surface area (TPSA) is 59.0 Å². The van der Waals surface area contributed by atoms with Crippen LogP contribution in [0.2, 0.25) is 0 Å². The molecule has 22 heavy (non-hydrogen) atoms. The molecule has 0 aliphatic carbocycles. The van der Waals surface area contributed by atoms with E-state index >= 15 is 0 Å². The van der Waals surface area contributed by atoms with Crippen LogP contribution in [0.5, 0.6) is 0 Å². The first-order chi connectivity index (χ1) is 10.2. The summed E-state index contributed by atoms with van der Waals surface area (Å²) in [5.74, 6) is -0.0644. The summed E-state index contributed by atoms with van der Waals surface area (Å²) < 4.78 is 1.71. The lowest BCUT2D eigenvalue weighted by Crippen LogP contribution is -2.38. The Morgan fingerprint density at radius 3 is 2.95 bits per heavy atom. The maximum Gasteiger partial charge on any atom is 0.254 e. The lowest BCUT2D eigenvalue weighted by Gasteiger charge is -2.27. The van der Waals surface area contributed by atoms with E-state index in [9.17, 15) is 4.79 Å². The molecular formula is C16H21ClN4O. The molecule has 0 bridgehead atoms. The summed E-state index contributed by atoms with van der Waals surface area (Å²) >= 11 is 0. The van der Waals surface area contributed by atoms with E-state index in [4.69, 9.17) is 0 Å². The van der Waals surface area contributed by atoms with Crippen molar-refractivity contribution in [3.8, 4) is 0 Å². The number of nitrogens with one attached hydrogen (secondary N) is 2. The molecule has 2 N–H and O–H groups in total. The Morgan fingerprint density at radius 1 is 1.45 bits per heavy atom. The van der Waals surface area contributed by atoms with Gasteiger partial charge in [-0.25, -0.2) is 0 Å². The summed E-state index contributed by atoms with van der Waals surface area (Å²) in [6.45, 7) is 3.43. The number of fused-ring (bicyclic) bond motifs is 1. The molecule has 1 aliphatic rings. The van der Waals surface area contributed by atoms with E-state index in [1.807, 2.05) is 20.0 Å². The average Bonchev–Trinajstić information content (AvgIpc) is 2.84. The number of amides is 1. The molecule has 3 rings (SSSR count). The monoisotopic (exact) mass is 320 g/mol. The molecule has 0 radical (unpaired) electrons. The van der Waals surface area contributed by atoms with E-state index < -0.39 is 0 Å². The van der Waals surface area contributed by atoms with Crippen molar-refractivity contribution in [3.05, 3.63) is 52.8 Å². The second kappa shape index (κ2) is 6.94. The van der Waals surface area contributed by atoms with Gasteiger partial charge in [0, 0.05) is 25.3 Å². The molecule has 118 valence electrons. The molecule has 2 aromatic rings. The van der Waals surface area contributed by atoms with Crippen LogP contribution in [0.15, 0.2) is 30.5 Å². The minimum absolute atomic E-state index is 0. The van der Waals surface area contributed by atoms with E-state index in [0.29, 0.717) is 12.1 Å². The summed E-state index contributed by atoms with van der Waals surface area (Å²) in [6.07, 6.45) is 2.66. The van der Waals surface area contributed by atoms with Gasteiger partial charge in [-0.1, -0.05) is 24.3 Å². The van der Waals surface area contributed by atoms with Crippen LogP contribution < -0.4 is 10.6 Å². The van der Waals surface area contributed by atoms with Crippen molar-refractivity contribution in [2.24, 2.45) is 7.05 Å². The quantitative estimate of drug-likeness (QED) is 0.906. The molecule has 1 amide bonds. The molecule has 1 aromatic heterocycles. The second-order valence-electron chi connectivity index (χ2n) is 5.43. The summed E-state index contributed by atoms with van der Waals surface area (Å²) in [7, 11) is 1.84. The number of aromatic nitrogens is 2. The minimum Gasteiger partial charge on any atom is -0.350 e. The van der Waals surface area contributed by atoms with Gasteiger partial charge in [0.2, 0.25) is 0 Å². The van der Waals surface area contributed by atoms with Crippen LogP contribution in [0, 0.1) is 6.92 Å². The van der Waals surface area contributed by atoms with Crippen molar-refractivity contribution in [2.75, 3.05) is 13.1 Å². The van der Waals surface area contributed by atoms with Crippen LogP contribution in [-0.2, 0) is 13.5 Å². The third-order valence-corrected chi connectivity index (χ3v) is 4.16.